The van der Waals surface area contributed by atoms with Crippen LogP contribution in [0.15, 0.2) is 24.3 Å². The maximum atomic E-state index is 8.99. The molecule has 0 heterocycles. The molecule has 0 saturated heterocycles. The third kappa shape index (κ3) is 6.37. The fourth-order valence-electron chi connectivity index (χ4n) is 2.12. The van der Waals surface area contributed by atoms with E-state index in [0.29, 0.717) is 5.56 Å². The number of aliphatic hydroxyl groups is 1. The second-order valence-electron chi connectivity index (χ2n) is 6.16. The Bertz CT molecular complexity index is 412. The van der Waals surface area contributed by atoms with E-state index in [2.05, 4.69) is 31.7 Å². The van der Waals surface area contributed by atoms with Crippen molar-refractivity contribution in [2.24, 2.45) is 5.41 Å². The van der Waals surface area contributed by atoms with Crippen LogP contribution in [0.5, 0.6) is 0 Å². The summed E-state index contributed by atoms with van der Waals surface area (Å²) in [6.45, 7) is 9.64. The zero-order valence-electron chi connectivity index (χ0n) is 12.2. The van der Waals surface area contributed by atoms with Crippen molar-refractivity contribution in [2.75, 3.05) is 19.7 Å². The molecule has 0 aliphatic rings. The van der Waals surface area contributed by atoms with E-state index in [-0.39, 0.29) is 12.0 Å². The van der Waals surface area contributed by atoms with Crippen molar-refractivity contribution in [1.29, 1.82) is 5.26 Å². The molecule has 0 unspecified atom stereocenters. The summed E-state index contributed by atoms with van der Waals surface area (Å²) < 4.78 is 0. The minimum atomic E-state index is 0.230. The van der Waals surface area contributed by atoms with Crippen molar-refractivity contribution >= 4 is 0 Å². The number of hydrogen-bond donors (Lipinski definition) is 1. The molecule has 19 heavy (non-hydrogen) atoms. The molecule has 0 aliphatic carbocycles. The third-order valence-corrected chi connectivity index (χ3v) is 2.82. The quantitative estimate of drug-likeness (QED) is 0.855. The molecule has 0 saturated carbocycles. The number of nitrogens with zero attached hydrogens (tertiary/aromatic N) is 2. The molecule has 1 N–H and O–H groups in total. The van der Waals surface area contributed by atoms with Crippen molar-refractivity contribution < 1.29 is 5.11 Å². The first kappa shape index (κ1) is 15.7. The van der Waals surface area contributed by atoms with Crippen LogP contribution in [0.3, 0.4) is 0 Å². The fourth-order valence-corrected chi connectivity index (χ4v) is 2.12. The molecular formula is C16H24N2O. The van der Waals surface area contributed by atoms with Gasteiger partial charge in [0.15, 0.2) is 0 Å². The molecule has 0 atom stereocenters. The topological polar surface area (TPSA) is 47.3 Å². The van der Waals surface area contributed by atoms with Crippen LogP contribution in [0.4, 0.5) is 0 Å². The lowest BCUT2D eigenvalue weighted by atomic mass is 9.95. The first-order valence-electron chi connectivity index (χ1n) is 6.77. The van der Waals surface area contributed by atoms with E-state index in [9.17, 15) is 0 Å². The average Bonchev–Trinajstić information content (AvgIpc) is 2.35. The molecule has 0 spiro atoms. The standard InChI is InChI=1S/C16H24N2O/c1-16(2,3)13-18(9-4-10-19)12-15-7-5-14(11-17)6-8-15/h5-8,19H,4,9-10,12-13H2,1-3H3. The Kier molecular flexibility index (Phi) is 6.01. The van der Waals surface area contributed by atoms with Crippen LogP contribution >= 0.6 is 0 Å². The maximum Gasteiger partial charge on any atom is 0.0991 e. The first-order chi connectivity index (χ1) is 8.94. The lowest BCUT2D eigenvalue weighted by molar-refractivity contribution is 0.166. The summed E-state index contributed by atoms with van der Waals surface area (Å²) in [4.78, 5) is 2.36. The van der Waals surface area contributed by atoms with Gasteiger partial charge < -0.3 is 5.11 Å². The van der Waals surface area contributed by atoms with Gasteiger partial charge in [0.05, 0.1) is 11.6 Å². The Morgan fingerprint density at radius 3 is 2.32 bits per heavy atom. The van der Waals surface area contributed by atoms with Gasteiger partial charge in [-0.05, 0) is 29.5 Å². The van der Waals surface area contributed by atoms with Crippen molar-refractivity contribution in [3.63, 3.8) is 0 Å². The molecule has 0 aromatic heterocycles. The SMILES string of the molecule is CC(C)(C)CN(CCCO)Cc1ccc(C#N)cc1. The first-order valence-corrected chi connectivity index (χ1v) is 6.77. The van der Waals surface area contributed by atoms with Crippen LogP contribution in [0.1, 0.15) is 38.3 Å². The number of benzene rings is 1. The van der Waals surface area contributed by atoms with Gasteiger partial charge in [-0.1, -0.05) is 32.9 Å². The fraction of sp³-hybridized carbons (Fsp3) is 0.562. The summed E-state index contributed by atoms with van der Waals surface area (Å²) in [7, 11) is 0. The highest BCUT2D eigenvalue weighted by Gasteiger charge is 2.16. The monoisotopic (exact) mass is 260 g/mol. The van der Waals surface area contributed by atoms with Gasteiger partial charge in [-0.25, -0.2) is 0 Å². The Morgan fingerprint density at radius 2 is 1.84 bits per heavy atom. The van der Waals surface area contributed by atoms with Gasteiger partial charge in [0.1, 0.15) is 0 Å². The molecule has 1 aromatic rings. The molecule has 1 aromatic carbocycles. The van der Waals surface area contributed by atoms with Crippen LogP contribution < -0.4 is 0 Å². The summed E-state index contributed by atoms with van der Waals surface area (Å²) in [5.41, 5.74) is 2.14. The second-order valence-corrected chi connectivity index (χ2v) is 6.16. The number of nitriles is 1. The van der Waals surface area contributed by atoms with E-state index in [0.717, 1.165) is 26.1 Å². The van der Waals surface area contributed by atoms with E-state index in [1.54, 1.807) is 0 Å². The van der Waals surface area contributed by atoms with Gasteiger partial charge in [0, 0.05) is 26.2 Å². The Hall–Kier alpha value is -1.37. The van der Waals surface area contributed by atoms with Crippen LogP contribution in [-0.2, 0) is 6.54 Å². The van der Waals surface area contributed by atoms with Crippen molar-refractivity contribution in [2.45, 2.75) is 33.7 Å². The predicted octanol–water partition coefficient (Wildman–Crippen LogP) is 2.79. The second kappa shape index (κ2) is 7.28. The van der Waals surface area contributed by atoms with Gasteiger partial charge in [0.2, 0.25) is 0 Å². The molecular weight excluding hydrogens is 236 g/mol. The van der Waals surface area contributed by atoms with Crippen LogP contribution in [0, 0.1) is 16.7 Å². The summed E-state index contributed by atoms with van der Waals surface area (Å²) in [5.74, 6) is 0. The van der Waals surface area contributed by atoms with Crippen molar-refractivity contribution in [3.8, 4) is 6.07 Å². The van der Waals surface area contributed by atoms with E-state index in [1.807, 2.05) is 24.3 Å². The zero-order valence-corrected chi connectivity index (χ0v) is 12.2. The highest BCUT2D eigenvalue weighted by molar-refractivity contribution is 5.31. The van der Waals surface area contributed by atoms with Gasteiger partial charge in [-0.2, -0.15) is 5.26 Å². The molecule has 0 radical (unpaired) electrons. The lowest BCUT2D eigenvalue weighted by Crippen LogP contribution is -2.33. The van der Waals surface area contributed by atoms with Crippen LogP contribution in [-0.4, -0.2) is 29.7 Å². The van der Waals surface area contributed by atoms with Gasteiger partial charge in [-0.3, -0.25) is 4.90 Å². The Morgan fingerprint density at radius 1 is 1.21 bits per heavy atom. The van der Waals surface area contributed by atoms with Gasteiger partial charge in [0.25, 0.3) is 0 Å². The number of aliphatic hydroxyl groups excluding tert-OH is 1. The molecule has 3 nitrogen and oxygen atoms in total. The maximum absolute atomic E-state index is 8.99. The number of hydrogen-bond acceptors (Lipinski definition) is 3. The molecule has 1 rings (SSSR count). The molecule has 0 bridgehead atoms. The van der Waals surface area contributed by atoms with Gasteiger partial charge in [-0.15, -0.1) is 0 Å². The summed E-state index contributed by atoms with van der Waals surface area (Å²) in [6.07, 6.45) is 0.798. The smallest absolute Gasteiger partial charge is 0.0991 e. The highest BCUT2D eigenvalue weighted by atomic mass is 16.3. The normalized spacial score (nSPS) is 11.6. The zero-order chi connectivity index (χ0) is 14.3. The Balaban J connectivity index is 2.67. The molecule has 0 amide bonds. The van der Waals surface area contributed by atoms with Gasteiger partial charge >= 0.3 is 0 Å². The Labute approximate surface area is 116 Å². The largest absolute Gasteiger partial charge is 0.396 e. The van der Waals surface area contributed by atoms with Crippen LogP contribution in [0.25, 0.3) is 0 Å². The van der Waals surface area contributed by atoms with E-state index in [4.69, 9.17) is 10.4 Å². The third-order valence-electron chi connectivity index (χ3n) is 2.82. The summed E-state index contributed by atoms with van der Waals surface area (Å²) in [6, 6.07) is 9.86. The van der Waals surface area contributed by atoms with Crippen molar-refractivity contribution in [3.05, 3.63) is 35.4 Å². The van der Waals surface area contributed by atoms with Crippen molar-refractivity contribution in [1.82, 2.24) is 4.90 Å². The molecule has 0 aliphatic heterocycles. The minimum absolute atomic E-state index is 0.230. The minimum Gasteiger partial charge on any atom is -0.396 e. The molecule has 0 fully saturated rings. The summed E-state index contributed by atoms with van der Waals surface area (Å²) in [5, 5.41) is 17.8. The predicted molar refractivity (Wildman–Crippen MR) is 77.6 cm³/mol. The van der Waals surface area contributed by atoms with E-state index < -0.39 is 0 Å². The summed E-state index contributed by atoms with van der Waals surface area (Å²) >= 11 is 0. The van der Waals surface area contributed by atoms with E-state index >= 15 is 0 Å². The molecule has 3 heteroatoms. The highest BCUT2D eigenvalue weighted by Crippen LogP contribution is 2.17. The number of rotatable bonds is 6. The van der Waals surface area contributed by atoms with Crippen LogP contribution in [0.2, 0.25) is 0 Å². The van der Waals surface area contributed by atoms with E-state index in [1.165, 1.54) is 5.56 Å². The molecule has 104 valence electrons. The average molecular weight is 260 g/mol. The lowest BCUT2D eigenvalue weighted by Gasteiger charge is -2.30.